The van der Waals surface area contributed by atoms with Gasteiger partial charge in [0.05, 0.1) is 13.2 Å². The van der Waals surface area contributed by atoms with E-state index in [9.17, 15) is 0 Å². The van der Waals surface area contributed by atoms with Crippen LogP contribution >= 0.6 is 50.5 Å². The minimum absolute atomic E-state index is 0.221. The Hall–Kier alpha value is 1.36. The molecule has 0 aliphatic carbocycles. The first-order valence-corrected chi connectivity index (χ1v) is 5.66. The molecule has 0 aliphatic heterocycles. The monoisotopic (exact) mass is 230 g/mol. The highest BCUT2D eigenvalue weighted by atomic mass is 32.1. The van der Waals surface area contributed by atoms with Crippen LogP contribution in [0, 0.1) is 0 Å². The van der Waals surface area contributed by atoms with Crippen molar-refractivity contribution in [1.29, 1.82) is 0 Å². The first-order valence-electron chi connectivity index (χ1n) is 3.36. The molecule has 0 radical (unpaired) electrons. The van der Waals surface area contributed by atoms with Crippen LogP contribution in [0.25, 0.3) is 0 Å². The van der Waals surface area contributed by atoms with Crippen LogP contribution in [0.4, 0.5) is 0 Å². The highest BCUT2D eigenvalue weighted by Gasteiger charge is 2.03. The maximum absolute atomic E-state index is 5.29. The van der Waals surface area contributed by atoms with Gasteiger partial charge in [0, 0.05) is 22.0 Å². The van der Waals surface area contributed by atoms with Crippen LogP contribution in [0.15, 0.2) is 0 Å². The Kier molecular flexibility index (Phi) is 8.97. The Labute approximate surface area is 90.3 Å². The first-order chi connectivity index (χ1) is 5.20. The molecule has 0 aromatic carbocycles. The average Bonchev–Trinajstić information content (AvgIpc) is 2.04. The molecule has 0 aromatic heterocycles. The summed E-state index contributed by atoms with van der Waals surface area (Å²) in [6.07, 6.45) is 0. The molecule has 2 unspecified atom stereocenters. The summed E-state index contributed by atoms with van der Waals surface area (Å²) < 4.78 is 5.29. The zero-order valence-electron chi connectivity index (χ0n) is 6.18. The maximum atomic E-state index is 5.29. The van der Waals surface area contributed by atoms with Gasteiger partial charge in [-0.1, -0.05) is 0 Å². The zero-order valence-corrected chi connectivity index (χ0v) is 9.76. The maximum Gasteiger partial charge on any atom is 0.0590 e. The standard InChI is InChI=1S/C6H14OS4/c8-3-5(10)1-7-2-6(11)4-9/h5-6,8-11H,1-4H2. The van der Waals surface area contributed by atoms with Crippen molar-refractivity contribution in [2.45, 2.75) is 10.5 Å². The van der Waals surface area contributed by atoms with E-state index in [4.69, 9.17) is 4.74 Å². The van der Waals surface area contributed by atoms with E-state index in [1.54, 1.807) is 0 Å². The second-order valence-electron chi connectivity index (χ2n) is 2.21. The molecule has 0 rings (SSSR count). The van der Waals surface area contributed by atoms with Crippen molar-refractivity contribution < 1.29 is 4.74 Å². The summed E-state index contributed by atoms with van der Waals surface area (Å²) in [5, 5.41) is 0.442. The zero-order chi connectivity index (χ0) is 8.69. The van der Waals surface area contributed by atoms with Gasteiger partial charge in [0.15, 0.2) is 0 Å². The van der Waals surface area contributed by atoms with E-state index >= 15 is 0 Å². The second-order valence-corrected chi connectivity index (χ2v) is 4.40. The van der Waals surface area contributed by atoms with Gasteiger partial charge in [0.2, 0.25) is 0 Å². The fourth-order valence-corrected chi connectivity index (χ4v) is 0.867. The quantitative estimate of drug-likeness (QED) is 0.506. The van der Waals surface area contributed by atoms with Gasteiger partial charge in [-0.15, -0.1) is 0 Å². The van der Waals surface area contributed by atoms with E-state index in [1.165, 1.54) is 0 Å². The van der Waals surface area contributed by atoms with Crippen LogP contribution in [-0.2, 0) is 4.74 Å². The number of hydrogen-bond acceptors (Lipinski definition) is 5. The fraction of sp³-hybridized carbons (Fsp3) is 1.00. The number of rotatable bonds is 6. The lowest BCUT2D eigenvalue weighted by Gasteiger charge is -2.10. The third kappa shape index (κ3) is 7.71. The third-order valence-electron chi connectivity index (χ3n) is 1.04. The highest BCUT2D eigenvalue weighted by Crippen LogP contribution is 2.02. The SMILES string of the molecule is SCC(S)COCC(S)CS. The molecule has 68 valence electrons. The Bertz CT molecular complexity index is 80.7. The highest BCUT2D eigenvalue weighted by molar-refractivity contribution is 7.85. The lowest BCUT2D eigenvalue weighted by Crippen LogP contribution is -2.17. The molecule has 0 saturated heterocycles. The Balaban J connectivity index is 3.13. The molecular weight excluding hydrogens is 216 g/mol. The van der Waals surface area contributed by atoms with Crippen LogP contribution in [0.1, 0.15) is 0 Å². The first kappa shape index (κ1) is 12.4. The minimum atomic E-state index is 0.221. The van der Waals surface area contributed by atoms with Crippen LogP contribution in [0.2, 0.25) is 0 Å². The Morgan fingerprint density at radius 3 is 1.55 bits per heavy atom. The fourth-order valence-electron chi connectivity index (χ4n) is 0.446. The van der Waals surface area contributed by atoms with E-state index in [0.717, 1.165) is 11.5 Å². The van der Waals surface area contributed by atoms with Crippen molar-refractivity contribution in [2.24, 2.45) is 0 Å². The third-order valence-corrected chi connectivity index (χ3v) is 3.16. The summed E-state index contributed by atoms with van der Waals surface area (Å²) >= 11 is 16.6. The predicted octanol–water partition coefficient (Wildman–Crippen LogP) is 1.46. The van der Waals surface area contributed by atoms with Crippen molar-refractivity contribution in [1.82, 2.24) is 0 Å². The van der Waals surface area contributed by atoms with Gasteiger partial charge in [-0.2, -0.15) is 50.5 Å². The normalized spacial score (nSPS) is 16.4. The molecule has 0 fully saturated rings. The number of hydrogen-bond donors (Lipinski definition) is 4. The molecule has 5 heteroatoms. The van der Waals surface area contributed by atoms with E-state index in [2.05, 4.69) is 50.5 Å². The van der Waals surface area contributed by atoms with E-state index in [-0.39, 0.29) is 10.5 Å². The van der Waals surface area contributed by atoms with Gasteiger partial charge in [-0.3, -0.25) is 0 Å². The predicted molar refractivity (Wildman–Crippen MR) is 64.1 cm³/mol. The molecule has 0 spiro atoms. The van der Waals surface area contributed by atoms with Crippen LogP contribution in [0.3, 0.4) is 0 Å². The molecule has 0 saturated carbocycles. The van der Waals surface area contributed by atoms with Crippen LogP contribution in [0.5, 0.6) is 0 Å². The summed E-state index contributed by atoms with van der Waals surface area (Å²) in [5.41, 5.74) is 0. The van der Waals surface area contributed by atoms with Crippen molar-refractivity contribution in [2.75, 3.05) is 24.7 Å². The molecular formula is C6H14OS4. The average molecular weight is 230 g/mol. The Morgan fingerprint density at radius 1 is 0.909 bits per heavy atom. The molecule has 1 nitrogen and oxygen atoms in total. The van der Waals surface area contributed by atoms with E-state index in [1.807, 2.05) is 0 Å². The molecule has 11 heavy (non-hydrogen) atoms. The molecule has 0 heterocycles. The minimum Gasteiger partial charge on any atom is -0.379 e. The molecule has 0 aliphatic rings. The van der Waals surface area contributed by atoms with Gasteiger partial charge in [-0.05, 0) is 0 Å². The van der Waals surface area contributed by atoms with Gasteiger partial charge in [0.25, 0.3) is 0 Å². The van der Waals surface area contributed by atoms with Crippen molar-refractivity contribution in [3.05, 3.63) is 0 Å². The topological polar surface area (TPSA) is 9.23 Å². The summed E-state index contributed by atoms with van der Waals surface area (Å²) in [7, 11) is 0. The smallest absolute Gasteiger partial charge is 0.0590 e. The summed E-state index contributed by atoms with van der Waals surface area (Å²) in [6.45, 7) is 1.27. The largest absolute Gasteiger partial charge is 0.379 e. The Morgan fingerprint density at radius 2 is 1.27 bits per heavy atom. The van der Waals surface area contributed by atoms with E-state index in [0.29, 0.717) is 13.2 Å². The lowest BCUT2D eigenvalue weighted by molar-refractivity contribution is 0.143. The van der Waals surface area contributed by atoms with E-state index < -0.39 is 0 Å². The summed E-state index contributed by atoms with van der Waals surface area (Å²) in [6, 6.07) is 0. The number of thiol groups is 4. The van der Waals surface area contributed by atoms with Crippen molar-refractivity contribution in [3.8, 4) is 0 Å². The molecule has 2 atom stereocenters. The van der Waals surface area contributed by atoms with Gasteiger partial charge in [-0.25, -0.2) is 0 Å². The molecule has 0 aromatic rings. The van der Waals surface area contributed by atoms with Gasteiger partial charge >= 0.3 is 0 Å². The molecule has 0 bridgehead atoms. The second kappa shape index (κ2) is 7.98. The summed E-state index contributed by atoms with van der Waals surface area (Å²) in [4.78, 5) is 0. The van der Waals surface area contributed by atoms with Crippen molar-refractivity contribution in [3.63, 3.8) is 0 Å². The lowest BCUT2D eigenvalue weighted by atomic mass is 10.5. The van der Waals surface area contributed by atoms with Crippen LogP contribution < -0.4 is 0 Å². The van der Waals surface area contributed by atoms with Gasteiger partial charge < -0.3 is 4.74 Å². The summed E-state index contributed by atoms with van der Waals surface area (Å²) in [5.74, 6) is 1.47. The van der Waals surface area contributed by atoms with Crippen molar-refractivity contribution >= 4 is 50.5 Å². The van der Waals surface area contributed by atoms with Crippen LogP contribution in [-0.4, -0.2) is 35.2 Å². The molecule has 0 N–H and O–H groups in total. The van der Waals surface area contributed by atoms with Gasteiger partial charge in [0.1, 0.15) is 0 Å². The molecule has 0 amide bonds. The number of ether oxygens (including phenoxy) is 1.